The zero-order chi connectivity index (χ0) is 41.7. The summed E-state index contributed by atoms with van der Waals surface area (Å²) in [7, 11) is -4.70. The lowest BCUT2D eigenvalue weighted by Gasteiger charge is -2.20. The van der Waals surface area contributed by atoms with Gasteiger partial charge >= 0.3 is 19.8 Å². The molecule has 0 aromatic carbocycles. The summed E-state index contributed by atoms with van der Waals surface area (Å²) in [6.45, 7) is 1.83. The minimum Gasteiger partial charge on any atom is -0.462 e. The van der Waals surface area contributed by atoms with Crippen LogP contribution in [0.1, 0.15) is 136 Å². The molecule has 56 heavy (non-hydrogen) atoms. The molecule has 0 aromatic rings. The lowest BCUT2D eigenvalue weighted by atomic mass is 10.1. The van der Waals surface area contributed by atoms with Gasteiger partial charge in [-0.3, -0.25) is 18.6 Å². The summed E-state index contributed by atoms with van der Waals surface area (Å²) in [5.41, 5.74) is 0. The van der Waals surface area contributed by atoms with Gasteiger partial charge in [-0.15, -0.1) is 0 Å². The van der Waals surface area contributed by atoms with Gasteiger partial charge in [0.15, 0.2) is 6.10 Å². The molecule has 1 unspecified atom stereocenters. The van der Waals surface area contributed by atoms with Crippen LogP contribution in [0.25, 0.3) is 0 Å². The van der Waals surface area contributed by atoms with Gasteiger partial charge < -0.3 is 39.9 Å². The lowest BCUT2D eigenvalue weighted by Crippen LogP contribution is -2.30. The fourth-order valence-electron chi connectivity index (χ4n) is 5.13. The van der Waals surface area contributed by atoms with Crippen molar-refractivity contribution in [3.8, 4) is 0 Å². The standard InChI is InChI=1S/C42H73O13P/c1-3-5-7-8-9-10-11-12-13-14-15-20-24-30-42(49)55-38(35-54-56(50,51)53-33-37(45)32-43)34-52-41(48)31-25-29-40(47)39(46)28-23-19-17-16-18-22-27-36(44)26-21-6-4-2/h10-11,16-19,22-23,27-28,36-40,43-47H,3-9,12-15,20-21,24-26,29-35H2,1-2H3,(H,50,51)/b11-10-,18-16-,19-17+,27-22+,28-23+/t36-,37+,38-,39-,40-/m1/s1. The van der Waals surface area contributed by atoms with Gasteiger partial charge in [0.05, 0.1) is 38.1 Å². The van der Waals surface area contributed by atoms with Crippen LogP contribution in [0.2, 0.25) is 0 Å². The van der Waals surface area contributed by atoms with Crippen LogP contribution in [0, 0.1) is 0 Å². The summed E-state index contributed by atoms with van der Waals surface area (Å²) in [5.74, 6) is -1.27. The lowest BCUT2D eigenvalue weighted by molar-refractivity contribution is -0.161. The second kappa shape index (κ2) is 36.9. The maximum absolute atomic E-state index is 12.6. The maximum Gasteiger partial charge on any atom is 0.472 e. The minimum atomic E-state index is -4.70. The molecule has 324 valence electrons. The van der Waals surface area contributed by atoms with Gasteiger partial charge in [-0.2, -0.15) is 0 Å². The molecule has 6 N–H and O–H groups in total. The van der Waals surface area contributed by atoms with E-state index in [4.69, 9.17) is 19.1 Å². The van der Waals surface area contributed by atoms with E-state index in [0.717, 1.165) is 64.2 Å². The fourth-order valence-corrected chi connectivity index (χ4v) is 5.92. The Morgan fingerprint density at radius 3 is 1.84 bits per heavy atom. The summed E-state index contributed by atoms with van der Waals surface area (Å²) in [6, 6.07) is 0. The number of ether oxygens (including phenoxy) is 2. The van der Waals surface area contributed by atoms with Gasteiger partial charge in [0.1, 0.15) is 12.7 Å². The first-order valence-corrected chi connectivity index (χ1v) is 22.1. The highest BCUT2D eigenvalue weighted by molar-refractivity contribution is 7.47. The van der Waals surface area contributed by atoms with Crippen LogP contribution in [-0.4, -0.2) is 99.3 Å². The van der Waals surface area contributed by atoms with Gasteiger partial charge in [-0.25, -0.2) is 4.57 Å². The average Bonchev–Trinajstić information content (AvgIpc) is 3.17. The fraction of sp³-hybridized carbons (Fsp3) is 0.714. The van der Waals surface area contributed by atoms with Gasteiger partial charge in [0.2, 0.25) is 0 Å². The zero-order valence-electron chi connectivity index (χ0n) is 33.9. The Bertz CT molecular complexity index is 1170. The molecule has 0 aliphatic rings. The van der Waals surface area contributed by atoms with Crippen molar-refractivity contribution in [1.29, 1.82) is 0 Å². The van der Waals surface area contributed by atoms with E-state index in [1.807, 2.05) is 0 Å². The Morgan fingerprint density at radius 1 is 0.625 bits per heavy atom. The number of phosphoric ester groups is 1. The van der Waals surface area contributed by atoms with Crippen molar-refractivity contribution in [2.75, 3.05) is 26.4 Å². The van der Waals surface area contributed by atoms with Crippen molar-refractivity contribution in [1.82, 2.24) is 0 Å². The molecule has 0 heterocycles. The third-order valence-electron chi connectivity index (χ3n) is 8.51. The van der Waals surface area contributed by atoms with E-state index in [1.165, 1.54) is 31.8 Å². The second-order valence-electron chi connectivity index (χ2n) is 13.9. The molecule has 0 spiro atoms. The Balaban J connectivity index is 4.69. The molecule has 0 radical (unpaired) electrons. The molecule has 6 atom stereocenters. The van der Waals surface area contributed by atoms with Gasteiger partial charge in [0, 0.05) is 12.8 Å². The molecule has 13 nitrogen and oxygen atoms in total. The van der Waals surface area contributed by atoms with Crippen molar-refractivity contribution in [2.24, 2.45) is 0 Å². The molecule has 0 rings (SSSR count). The maximum atomic E-state index is 12.6. The van der Waals surface area contributed by atoms with Crippen LogP contribution in [0.4, 0.5) is 0 Å². The van der Waals surface area contributed by atoms with E-state index in [1.54, 1.807) is 42.5 Å². The number of carbonyl (C=O) groups excluding carboxylic acids is 2. The molecular weight excluding hydrogens is 743 g/mol. The monoisotopic (exact) mass is 816 g/mol. The van der Waals surface area contributed by atoms with Crippen LogP contribution in [0.3, 0.4) is 0 Å². The van der Waals surface area contributed by atoms with Crippen molar-refractivity contribution in [2.45, 2.75) is 166 Å². The molecule has 14 heteroatoms. The number of hydrogen-bond donors (Lipinski definition) is 6. The number of aliphatic hydroxyl groups excluding tert-OH is 5. The number of allylic oxidation sites excluding steroid dienone is 8. The van der Waals surface area contributed by atoms with E-state index in [2.05, 4.69) is 30.5 Å². The number of carbonyl (C=O) groups is 2. The predicted molar refractivity (Wildman–Crippen MR) is 218 cm³/mol. The summed E-state index contributed by atoms with van der Waals surface area (Å²) >= 11 is 0. The van der Waals surface area contributed by atoms with Crippen LogP contribution < -0.4 is 0 Å². The first-order valence-electron chi connectivity index (χ1n) is 20.6. The quantitative estimate of drug-likeness (QED) is 0.0120. The summed E-state index contributed by atoms with van der Waals surface area (Å²) in [6.07, 6.45) is 28.4. The summed E-state index contributed by atoms with van der Waals surface area (Å²) < 4.78 is 32.4. The van der Waals surface area contributed by atoms with Gasteiger partial charge in [0.25, 0.3) is 0 Å². The third-order valence-corrected chi connectivity index (χ3v) is 9.46. The smallest absolute Gasteiger partial charge is 0.462 e. The highest BCUT2D eigenvalue weighted by Gasteiger charge is 2.27. The first kappa shape index (κ1) is 53.6. The van der Waals surface area contributed by atoms with Crippen LogP contribution in [0.5, 0.6) is 0 Å². The number of aliphatic hydroxyl groups is 5. The van der Waals surface area contributed by atoms with Crippen molar-refractivity contribution in [3.63, 3.8) is 0 Å². The molecule has 0 bridgehead atoms. The predicted octanol–water partition coefficient (Wildman–Crippen LogP) is 7.24. The van der Waals surface area contributed by atoms with Crippen molar-refractivity contribution < 1.29 is 63.1 Å². The molecule has 0 fully saturated rings. The Labute approximate surface area is 335 Å². The zero-order valence-corrected chi connectivity index (χ0v) is 34.8. The second-order valence-corrected chi connectivity index (χ2v) is 15.3. The Morgan fingerprint density at radius 2 is 1.18 bits per heavy atom. The van der Waals surface area contributed by atoms with Crippen LogP contribution in [-0.2, 0) is 32.7 Å². The Hall–Kier alpha value is -2.45. The van der Waals surface area contributed by atoms with Gasteiger partial charge in [-0.1, -0.05) is 132 Å². The van der Waals surface area contributed by atoms with E-state index >= 15 is 0 Å². The molecule has 0 amide bonds. The van der Waals surface area contributed by atoms with Crippen molar-refractivity contribution in [3.05, 3.63) is 60.8 Å². The molecular formula is C42H73O13P. The van der Waals surface area contributed by atoms with E-state index in [0.29, 0.717) is 6.42 Å². The number of rotatable bonds is 37. The highest BCUT2D eigenvalue weighted by Crippen LogP contribution is 2.43. The largest absolute Gasteiger partial charge is 0.472 e. The average molecular weight is 817 g/mol. The van der Waals surface area contributed by atoms with Crippen molar-refractivity contribution >= 4 is 19.8 Å². The number of unbranched alkanes of at least 4 members (excludes halogenated alkanes) is 11. The van der Waals surface area contributed by atoms with Crippen LogP contribution >= 0.6 is 7.82 Å². The SMILES string of the molecule is CCCCCC/C=C\CCCCCCCC(=O)O[C@H](COC(=O)CCC[C@@H](O)[C@H](O)/C=C/C=C/C=C\C=C\[C@H](O)CCCCC)COP(=O)(O)OC[C@@H](O)CO. The van der Waals surface area contributed by atoms with E-state index in [9.17, 15) is 39.5 Å². The summed E-state index contributed by atoms with van der Waals surface area (Å²) in [4.78, 5) is 34.9. The normalized spacial score (nSPS) is 16.2. The number of esters is 2. The molecule has 0 saturated heterocycles. The number of phosphoric acid groups is 1. The third kappa shape index (κ3) is 34.8. The van der Waals surface area contributed by atoms with Gasteiger partial charge in [-0.05, 0) is 51.4 Å². The first-order chi connectivity index (χ1) is 26.9. The summed E-state index contributed by atoms with van der Waals surface area (Å²) in [5, 5.41) is 48.7. The van der Waals surface area contributed by atoms with E-state index < -0.39 is 76.7 Å². The van der Waals surface area contributed by atoms with Crippen LogP contribution in [0.15, 0.2) is 60.8 Å². The molecule has 0 saturated carbocycles. The minimum absolute atomic E-state index is 0.0949. The topological polar surface area (TPSA) is 210 Å². The molecule has 0 aromatic heterocycles. The highest BCUT2D eigenvalue weighted by atomic mass is 31.2. The molecule has 0 aliphatic heterocycles. The Kier molecular flexibility index (Phi) is 35.2. The van der Waals surface area contributed by atoms with E-state index in [-0.39, 0.29) is 25.7 Å². The molecule has 0 aliphatic carbocycles. The number of hydrogen-bond acceptors (Lipinski definition) is 12.